The first-order valence-corrected chi connectivity index (χ1v) is 10.2. The first kappa shape index (κ1) is 22.5. The van der Waals surface area contributed by atoms with Gasteiger partial charge in [0.15, 0.2) is 0 Å². The van der Waals surface area contributed by atoms with Crippen LogP contribution >= 0.6 is 11.6 Å². The summed E-state index contributed by atoms with van der Waals surface area (Å²) in [5.41, 5.74) is 1.63. The Kier molecular flexibility index (Phi) is 6.14. The molecule has 1 saturated carbocycles. The summed E-state index contributed by atoms with van der Waals surface area (Å²) in [6.07, 6.45) is -2.63. The number of rotatable bonds is 6. The molecule has 0 bridgehead atoms. The number of alkyl halides is 3. The molecule has 1 heterocycles. The van der Waals surface area contributed by atoms with Gasteiger partial charge in [-0.1, -0.05) is 39.3 Å². The van der Waals surface area contributed by atoms with Gasteiger partial charge in [-0.05, 0) is 53.5 Å². The van der Waals surface area contributed by atoms with E-state index < -0.39 is 23.6 Å². The predicted octanol–water partition coefficient (Wildman–Crippen LogP) is 6.28. The summed E-state index contributed by atoms with van der Waals surface area (Å²) in [4.78, 5) is 14.1. The minimum atomic E-state index is -4.86. The molecule has 3 rings (SSSR count). The number of H-pyrrole nitrogens is 1. The van der Waals surface area contributed by atoms with Crippen LogP contribution in [-0.2, 0) is 5.41 Å². The van der Waals surface area contributed by atoms with Gasteiger partial charge in [-0.15, -0.1) is 13.2 Å². The van der Waals surface area contributed by atoms with Gasteiger partial charge in [-0.2, -0.15) is 0 Å². The number of hydrogen-bond acceptors (Lipinski definition) is 3. The van der Waals surface area contributed by atoms with Crippen molar-refractivity contribution in [1.29, 1.82) is 0 Å². The van der Waals surface area contributed by atoms with E-state index in [0.29, 0.717) is 16.7 Å². The molecule has 1 fully saturated rings. The van der Waals surface area contributed by atoms with Crippen LogP contribution in [0, 0.1) is 0 Å². The van der Waals surface area contributed by atoms with Gasteiger partial charge in [0.1, 0.15) is 11.5 Å². The van der Waals surface area contributed by atoms with Crippen molar-refractivity contribution in [2.24, 2.45) is 0 Å². The monoisotopic (exact) mass is 443 g/mol. The molecule has 1 unspecified atom stereocenters. The SMILES string of the molecule is CC(COc1cc(Cl)c(C2CC2)c(C(C)(C)C)c1)c1[nH]c(=O)ccc1OC(F)(F)F. The van der Waals surface area contributed by atoms with Crippen LogP contribution in [-0.4, -0.2) is 18.0 Å². The van der Waals surface area contributed by atoms with Crippen molar-refractivity contribution in [3.8, 4) is 11.5 Å². The van der Waals surface area contributed by atoms with Crippen LogP contribution in [0.2, 0.25) is 5.02 Å². The largest absolute Gasteiger partial charge is 0.573 e. The third-order valence-corrected chi connectivity index (χ3v) is 5.34. The molecule has 1 aliphatic carbocycles. The fourth-order valence-electron chi connectivity index (χ4n) is 3.45. The molecule has 2 aromatic rings. The van der Waals surface area contributed by atoms with Gasteiger partial charge in [-0.25, -0.2) is 0 Å². The maximum absolute atomic E-state index is 12.7. The number of halogens is 4. The van der Waals surface area contributed by atoms with Crippen LogP contribution in [0.4, 0.5) is 13.2 Å². The standard InChI is InChI=1S/C22H25ClF3NO3/c1-12(20-17(30-22(24,25)26)7-8-18(28)27-20)11-29-14-9-15(21(2,3)4)19(13-5-6-13)16(23)10-14/h7-10,12-13H,5-6,11H2,1-4H3,(H,27,28). The van der Waals surface area contributed by atoms with Crippen molar-refractivity contribution in [3.05, 3.63) is 56.5 Å². The van der Waals surface area contributed by atoms with Crippen LogP contribution in [0.15, 0.2) is 29.1 Å². The Bertz CT molecular complexity index is 975. The highest BCUT2D eigenvalue weighted by molar-refractivity contribution is 6.31. The van der Waals surface area contributed by atoms with Crippen LogP contribution in [0.3, 0.4) is 0 Å². The lowest BCUT2D eigenvalue weighted by molar-refractivity contribution is -0.275. The average Bonchev–Trinajstić information content (AvgIpc) is 3.43. The van der Waals surface area contributed by atoms with E-state index in [0.717, 1.165) is 36.1 Å². The van der Waals surface area contributed by atoms with Crippen LogP contribution in [0.25, 0.3) is 0 Å². The molecule has 30 heavy (non-hydrogen) atoms. The lowest BCUT2D eigenvalue weighted by Crippen LogP contribution is -2.22. The molecule has 1 N–H and O–H groups in total. The van der Waals surface area contributed by atoms with Crippen molar-refractivity contribution >= 4 is 11.6 Å². The normalized spacial score (nSPS) is 15.7. The highest BCUT2D eigenvalue weighted by atomic mass is 35.5. The van der Waals surface area contributed by atoms with Gasteiger partial charge in [0.2, 0.25) is 5.56 Å². The number of ether oxygens (including phenoxy) is 2. The molecule has 1 aromatic carbocycles. The van der Waals surface area contributed by atoms with E-state index in [1.54, 1.807) is 13.0 Å². The minimum Gasteiger partial charge on any atom is -0.493 e. The molecule has 1 aromatic heterocycles. The molecule has 0 saturated heterocycles. The Morgan fingerprint density at radius 1 is 1.20 bits per heavy atom. The minimum absolute atomic E-state index is 0.0246. The number of nitrogens with one attached hydrogen (secondary N) is 1. The Hall–Kier alpha value is -2.15. The summed E-state index contributed by atoms with van der Waals surface area (Å²) in [6, 6.07) is 5.70. The fraction of sp³-hybridized carbons (Fsp3) is 0.500. The number of aromatic nitrogens is 1. The van der Waals surface area contributed by atoms with E-state index in [4.69, 9.17) is 16.3 Å². The Labute approximate surface area is 178 Å². The van der Waals surface area contributed by atoms with Crippen molar-refractivity contribution < 1.29 is 22.6 Å². The smallest absolute Gasteiger partial charge is 0.493 e. The van der Waals surface area contributed by atoms with Crippen LogP contribution in [0.5, 0.6) is 11.5 Å². The lowest BCUT2D eigenvalue weighted by Gasteiger charge is -2.25. The number of benzene rings is 1. The maximum atomic E-state index is 12.7. The highest BCUT2D eigenvalue weighted by Crippen LogP contribution is 2.48. The molecule has 8 heteroatoms. The zero-order chi connectivity index (χ0) is 22.3. The van der Waals surface area contributed by atoms with Crippen molar-refractivity contribution in [2.75, 3.05) is 6.61 Å². The molecule has 0 aliphatic heterocycles. The molecule has 0 radical (unpaired) electrons. The predicted molar refractivity (Wildman–Crippen MR) is 110 cm³/mol. The van der Waals surface area contributed by atoms with Gasteiger partial charge >= 0.3 is 6.36 Å². The highest BCUT2D eigenvalue weighted by Gasteiger charge is 2.34. The maximum Gasteiger partial charge on any atom is 0.573 e. The molecule has 0 amide bonds. The topological polar surface area (TPSA) is 51.3 Å². The van der Waals surface area contributed by atoms with Gasteiger partial charge in [0.25, 0.3) is 0 Å². The molecule has 0 spiro atoms. The lowest BCUT2D eigenvalue weighted by atomic mass is 9.82. The van der Waals surface area contributed by atoms with Crippen molar-refractivity contribution in [2.45, 2.75) is 64.1 Å². The third-order valence-electron chi connectivity index (χ3n) is 5.02. The summed E-state index contributed by atoms with van der Waals surface area (Å²) >= 11 is 6.55. The zero-order valence-corrected chi connectivity index (χ0v) is 18.1. The summed E-state index contributed by atoms with van der Waals surface area (Å²) in [7, 11) is 0. The summed E-state index contributed by atoms with van der Waals surface area (Å²) < 4.78 is 48.0. The summed E-state index contributed by atoms with van der Waals surface area (Å²) in [6.45, 7) is 8.00. The van der Waals surface area contributed by atoms with Crippen LogP contribution < -0.4 is 15.0 Å². The van der Waals surface area contributed by atoms with Crippen molar-refractivity contribution in [3.63, 3.8) is 0 Å². The second kappa shape index (κ2) is 8.17. The Morgan fingerprint density at radius 2 is 1.87 bits per heavy atom. The first-order valence-electron chi connectivity index (χ1n) is 9.81. The third kappa shape index (κ3) is 5.50. The van der Waals surface area contributed by atoms with Gasteiger partial charge < -0.3 is 14.5 Å². The second-order valence-corrected chi connectivity index (χ2v) is 9.16. The molecular weight excluding hydrogens is 419 g/mol. The van der Waals surface area contributed by atoms with E-state index in [1.165, 1.54) is 0 Å². The first-order chi connectivity index (χ1) is 13.8. The number of pyridine rings is 1. The number of hydrogen-bond donors (Lipinski definition) is 1. The van der Waals surface area contributed by atoms with E-state index in [-0.39, 0.29) is 17.7 Å². The van der Waals surface area contributed by atoms with E-state index in [2.05, 4.69) is 30.5 Å². The van der Waals surface area contributed by atoms with E-state index in [1.807, 2.05) is 6.07 Å². The quantitative estimate of drug-likeness (QED) is 0.571. The van der Waals surface area contributed by atoms with Gasteiger partial charge in [0.05, 0.1) is 12.3 Å². The Morgan fingerprint density at radius 3 is 2.43 bits per heavy atom. The fourth-order valence-corrected chi connectivity index (χ4v) is 3.81. The van der Waals surface area contributed by atoms with Gasteiger partial charge in [-0.3, -0.25) is 4.79 Å². The molecule has 164 valence electrons. The van der Waals surface area contributed by atoms with E-state index in [9.17, 15) is 18.0 Å². The van der Waals surface area contributed by atoms with Crippen LogP contribution in [0.1, 0.15) is 69.2 Å². The second-order valence-electron chi connectivity index (χ2n) is 8.75. The molecular formula is C22H25ClF3NO3. The number of aromatic amines is 1. The Balaban J connectivity index is 1.83. The molecule has 1 atom stereocenters. The molecule has 4 nitrogen and oxygen atoms in total. The van der Waals surface area contributed by atoms with E-state index >= 15 is 0 Å². The summed E-state index contributed by atoms with van der Waals surface area (Å²) in [5.74, 6) is 0.000765. The average molecular weight is 444 g/mol. The van der Waals surface area contributed by atoms with Gasteiger partial charge in [0, 0.05) is 17.0 Å². The zero-order valence-electron chi connectivity index (χ0n) is 17.3. The van der Waals surface area contributed by atoms with Crippen molar-refractivity contribution in [1.82, 2.24) is 4.98 Å². The summed E-state index contributed by atoms with van der Waals surface area (Å²) in [5, 5.41) is 0.641. The molecule has 1 aliphatic rings.